The largest absolute Gasteiger partial charge is 0.497 e. The quantitative estimate of drug-likeness (QED) is 0.763. The van der Waals surface area contributed by atoms with Crippen molar-refractivity contribution in [2.24, 2.45) is 9.98 Å². The maximum absolute atomic E-state index is 13.1. The van der Waals surface area contributed by atoms with Gasteiger partial charge >= 0.3 is 6.18 Å². The molecule has 7 nitrogen and oxygen atoms in total. The van der Waals surface area contributed by atoms with Gasteiger partial charge in [0.15, 0.2) is 5.84 Å². The van der Waals surface area contributed by atoms with E-state index >= 15 is 0 Å². The van der Waals surface area contributed by atoms with Gasteiger partial charge < -0.3 is 15.0 Å². The van der Waals surface area contributed by atoms with Gasteiger partial charge in [-0.3, -0.25) is 9.78 Å². The first-order valence-electron chi connectivity index (χ1n) is 9.65. The van der Waals surface area contributed by atoms with Crippen LogP contribution in [-0.4, -0.2) is 60.3 Å². The number of aromatic nitrogens is 1. The van der Waals surface area contributed by atoms with Gasteiger partial charge in [0, 0.05) is 25.5 Å². The second-order valence-electron chi connectivity index (χ2n) is 7.31. The minimum Gasteiger partial charge on any atom is -0.497 e. The predicted octanol–water partition coefficient (Wildman–Crippen LogP) is 3.08. The van der Waals surface area contributed by atoms with Crippen LogP contribution in [0.1, 0.15) is 37.8 Å². The van der Waals surface area contributed by atoms with Crippen LogP contribution < -0.4 is 10.1 Å². The Morgan fingerprint density at radius 3 is 2.77 bits per heavy atom. The molecule has 1 fully saturated rings. The lowest BCUT2D eigenvalue weighted by molar-refractivity contribution is -0.170. The highest BCUT2D eigenvalue weighted by atomic mass is 19.4. The van der Waals surface area contributed by atoms with Crippen LogP contribution in [0.15, 0.2) is 40.2 Å². The molecule has 0 bridgehead atoms. The van der Waals surface area contributed by atoms with E-state index in [0.29, 0.717) is 29.5 Å². The van der Waals surface area contributed by atoms with Gasteiger partial charge in [0.1, 0.15) is 22.8 Å². The summed E-state index contributed by atoms with van der Waals surface area (Å²) in [5, 5.41) is 2.14. The number of alkyl halides is 3. The summed E-state index contributed by atoms with van der Waals surface area (Å²) in [6, 6.07) is 3.39. The van der Waals surface area contributed by atoms with Gasteiger partial charge in [-0.15, -0.1) is 0 Å². The van der Waals surface area contributed by atoms with E-state index in [9.17, 15) is 18.0 Å². The van der Waals surface area contributed by atoms with Crippen molar-refractivity contribution < 1.29 is 22.7 Å². The number of pyridine rings is 1. The third-order valence-electron chi connectivity index (χ3n) is 4.94. The highest BCUT2D eigenvalue weighted by molar-refractivity contribution is 6.02. The molecule has 0 spiro atoms. The molecule has 0 atom stereocenters. The number of halogens is 3. The van der Waals surface area contributed by atoms with Crippen LogP contribution >= 0.6 is 0 Å². The maximum atomic E-state index is 13.1. The number of methoxy groups -OCH3 is 1. The van der Waals surface area contributed by atoms with Gasteiger partial charge in [0.05, 0.1) is 13.7 Å². The Labute approximate surface area is 172 Å². The van der Waals surface area contributed by atoms with E-state index in [-0.39, 0.29) is 19.4 Å². The van der Waals surface area contributed by atoms with Crippen molar-refractivity contribution in [2.75, 3.05) is 20.7 Å². The number of rotatable bonds is 6. The van der Waals surface area contributed by atoms with E-state index in [1.54, 1.807) is 38.7 Å². The number of aliphatic imine (C=N–C) groups is 2. The molecule has 1 saturated carbocycles. The molecule has 1 amide bonds. The SMILES string of the molecule is COc1ccnc(C2=N/C(N(C)CC(=O)NC3(C(F)(F)F)CC3)=C/CCCC=N2)c1. The second-order valence-corrected chi connectivity index (χ2v) is 7.31. The Kier molecular flexibility index (Phi) is 6.42. The number of hydrogen-bond acceptors (Lipinski definition) is 6. The van der Waals surface area contributed by atoms with Crippen molar-refractivity contribution in [3.05, 3.63) is 35.9 Å². The molecule has 10 heteroatoms. The van der Waals surface area contributed by atoms with Gasteiger partial charge in [-0.25, -0.2) is 9.98 Å². The average molecular weight is 423 g/mol. The number of nitrogens with zero attached hydrogens (tertiary/aromatic N) is 4. The first-order chi connectivity index (χ1) is 14.2. The molecule has 0 saturated heterocycles. The van der Waals surface area contributed by atoms with Crippen LogP contribution in [-0.2, 0) is 4.79 Å². The predicted molar refractivity (Wildman–Crippen MR) is 107 cm³/mol. The Morgan fingerprint density at radius 2 is 2.10 bits per heavy atom. The Hall–Kier alpha value is -2.91. The van der Waals surface area contributed by atoms with Gasteiger partial charge in [-0.2, -0.15) is 13.2 Å². The summed E-state index contributed by atoms with van der Waals surface area (Å²) in [5.41, 5.74) is -1.59. The summed E-state index contributed by atoms with van der Waals surface area (Å²) in [7, 11) is 3.15. The molecule has 1 aliphatic carbocycles. The molecule has 1 aromatic rings. The monoisotopic (exact) mass is 423 g/mol. The minimum absolute atomic E-state index is 0.0901. The number of carbonyl (C=O) groups is 1. The van der Waals surface area contributed by atoms with Crippen molar-refractivity contribution in [1.82, 2.24) is 15.2 Å². The van der Waals surface area contributed by atoms with Crippen LogP contribution in [0.25, 0.3) is 0 Å². The summed E-state index contributed by atoms with van der Waals surface area (Å²) in [4.78, 5) is 27.0. The van der Waals surface area contributed by atoms with Gasteiger partial charge in [-0.05, 0) is 44.2 Å². The molecular formula is C20H24F3N5O2. The second kappa shape index (κ2) is 8.85. The van der Waals surface area contributed by atoms with Gasteiger partial charge in [0.25, 0.3) is 0 Å². The zero-order valence-corrected chi connectivity index (χ0v) is 16.9. The van der Waals surface area contributed by atoms with Crippen molar-refractivity contribution in [2.45, 2.75) is 43.8 Å². The van der Waals surface area contributed by atoms with Crippen molar-refractivity contribution in [1.29, 1.82) is 0 Å². The number of allylic oxidation sites excluding steroid dienone is 1. The number of amides is 1. The van der Waals surface area contributed by atoms with Crippen LogP contribution in [0.3, 0.4) is 0 Å². The van der Waals surface area contributed by atoms with Crippen LogP contribution in [0, 0.1) is 0 Å². The third kappa shape index (κ3) is 5.17. The lowest BCUT2D eigenvalue weighted by Crippen LogP contribution is -2.50. The molecule has 2 heterocycles. The average Bonchev–Trinajstić information content (AvgIpc) is 3.46. The molecule has 30 heavy (non-hydrogen) atoms. The van der Waals surface area contributed by atoms with Crippen molar-refractivity contribution in [3.8, 4) is 5.75 Å². The maximum Gasteiger partial charge on any atom is 0.411 e. The third-order valence-corrected chi connectivity index (χ3v) is 4.94. The highest BCUT2D eigenvalue weighted by Crippen LogP contribution is 2.48. The number of ether oxygens (including phenoxy) is 1. The Bertz CT molecular complexity index is 875. The van der Waals surface area contributed by atoms with E-state index in [1.165, 1.54) is 4.90 Å². The molecule has 1 aliphatic heterocycles. The fourth-order valence-electron chi connectivity index (χ4n) is 3.01. The van der Waals surface area contributed by atoms with Crippen molar-refractivity contribution in [3.63, 3.8) is 0 Å². The van der Waals surface area contributed by atoms with Crippen molar-refractivity contribution >= 4 is 18.0 Å². The summed E-state index contributed by atoms with van der Waals surface area (Å²) in [5.74, 6) is 0.676. The standard InChI is InChI=1S/C20H24F3N5O2/c1-28(13-17(29)27-19(8-9-19)20(21,22)23)16-6-4-3-5-10-25-18(26-16)15-12-14(30-2)7-11-24-15/h6-7,10-12H,3-5,8-9,13H2,1-2H3,(H,27,29)/b16-6-,25-10?,26-18?. The number of nitrogens with one attached hydrogen (secondary N) is 1. The van der Waals surface area contributed by atoms with E-state index in [1.807, 2.05) is 6.08 Å². The van der Waals surface area contributed by atoms with E-state index < -0.39 is 17.6 Å². The van der Waals surface area contributed by atoms with Crippen LogP contribution in [0.4, 0.5) is 13.2 Å². The Morgan fingerprint density at radius 1 is 1.33 bits per heavy atom. The normalized spacial score (nSPS) is 20.0. The number of amidine groups is 1. The topological polar surface area (TPSA) is 79.2 Å². The first kappa shape index (κ1) is 21.8. The van der Waals surface area contributed by atoms with E-state index in [2.05, 4.69) is 20.3 Å². The lowest BCUT2D eigenvalue weighted by atomic mass is 10.2. The van der Waals surface area contributed by atoms with Gasteiger partial charge in [-0.1, -0.05) is 0 Å². The molecule has 1 aromatic heterocycles. The van der Waals surface area contributed by atoms with Gasteiger partial charge in [0.2, 0.25) is 5.91 Å². The minimum atomic E-state index is -4.45. The Balaban J connectivity index is 1.78. The molecule has 1 N–H and O–H groups in total. The summed E-state index contributed by atoms with van der Waals surface area (Å²) in [6.45, 7) is -0.254. The number of likely N-dealkylation sites (N-methyl/N-ethyl adjacent to an activating group) is 1. The zero-order chi connectivity index (χ0) is 21.8. The molecule has 162 valence electrons. The first-order valence-corrected chi connectivity index (χ1v) is 9.65. The molecule has 0 radical (unpaired) electrons. The smallest absolute Gasteiger partial charge is 0.411 e. The number of carbonyl (C=O) groups excluding carboxylic acids is 1. The molecule has 0 aromatic carbocycles. The summed E-state index contributed by atoms with van der Waals surface area (Å²) in [6.07, 6.45) is 2.82. The molecule has 3 rings (SSSR count). The lowest BCUT2D eigenvalue weighted by Gasteiger charge is -2.24. The van der Waals surface area contributed by atoms with Crippen LogP contribution in [0.5, 0.6) is 5.75 Å². The van der Waals surface area contributed by atoms with E-state index in [0.717, 1.165) is 12.8 Å². The van der Waals surface area contributed by atoms with E-state index in [4.69, 9.17) is 4.74 Å². The molecule has 0 unspecified atom stereocenters. The fraction of sp³-hybridized carbons (Fsp3) is 0.500. The molecule has 2 aliphatic rings. The zero-order valence-electron chi connectivity index (χ0n) is 16.9. The summed E-state index contributed by atoms with van der Waals surface area (Å²) >= 11 is 0. The fourth-order valence-corrected chi connectivity index (χ4v) is 3.01. The van der Waals surface area contributed by atoms with Crippen LogP contribution in [0.2, 0.25) is 0 Å². The summed E-state index contributed by atoms with van der Waals surface area (Å²) < 4.78 is 44.5. The molecular weight excluding hydrogens is 399 g/mol. The number of hydrogen-bond donors (Lipinski definition) is 1. The highest BCUT2D eigenvalue weighted by Gasteiger charge is 2.64.